The first-order valence-electron chi connectivity index (χ1n) is 9.23. The van der Waals surface area contributed by atoms with E-state index in [4.69, 9.17) is 4.74 Å². The first kappa shape index (κ1) is 20.3. The van der Waals surface area contributed by atoms with Gasteiger partial charge in [0.2, 0.25) is 0 Å². The number of hydrogen-bond donors (Lipinski definition) is 0. The molecule has 7 heteroatoms. The lowest BCUT2D eigenvalue weighted by Gasteiger charge is -2.22. The monoisotopic (exact) mass is 394 g/mol. The molecule has 3 amide bonds. The Morgan fingerprint density at radius 2 is 1.55 bits per heavy atom. The van der Waals surface area contributed by atoms with Crippen LogP contribution < -0.4 is 0 Å². The highest BCUT2D eigenvalue weighted by Crippen LogP contribution is 2.24. The minimum absolute atomic E-state index is 0.256. The smallest absolute Gasteiger partial charge is 0.329 e. The summed E-state index contributed by atoms with van der Waals surface area (Å²) in [6.45, 7) is 3.29. The topological polar surface area (TPSA) is 84.0 Å². The highest BCUT2D eigenvalue weighted by molar-refractivity contribution is 6.22. The van der Waals surface area contributed by atoms with Gasteiger partial charge in [-0.1, -0.05) is 36.4 Å². The lowest BCUT2D eigenvalue weighted by atomic mass is 10.1. The molecule has 29 heavy (non-hydrogen) atoms. The van der Waals surface area contributed by atoms with Gasteiger partial charge in [0, 0.05) is 13.6 Å². The van der Waals surface area contributed by atoms with Crippen molar-refractivity contribution in [2.24, 2.45) is 0 Å². The van der Waals surface area contributed by atoms with Gasteiger partial charge in [-0.15, -0.1) is 0 Å². The van der Waals surface area contributed by atoms with Crippen LogP contribution in [0.1, 0.15) is 38.8 Å². The maximum atomic E-state index is 12.5. The van der Waals surface area contributed by atoms with E-state index in [1.807, 2.05) is 31.2 Å². The van der Waals surface area contributed by atoms with Crippen LogP contribution in [0.3, 0.4) is 0 Å². The second-order valence-corrected chi connectivity index (χ2v) is 6.99. The molecule has 0 saturated heterocycles. The van der Waals surface area contributed by atoms with Crippen LogP contribution in [-0.2, 0) is 20.9 Å². The molecule has 0 aliphatic carbocycles. The van der Waals surface area contributed by atoms with Crippen LogP contribution in [0.25, 0.3) is 0 Å². The highest BCUT2D eigenvalue weighted by atomic mass is 16.5. The Morgan fingerprint density at radius 1 is 1.00 bits per heavy atom. The number of carbonyl (C=O) groups excluding carboxylic acids is 4. The SMILES string of the molecule is Cc1ccccc1CN(C)C(=O)COC(=O)[C@H](C)N1C(=O)c2ccccc2C1=O. The van der Waals surface area contributed by atoms with E-state index in [1.54, 1.807) is 19.2 Å². The Hall–Kier alpha value is -3.48. The molecule has 0 aromatic heterocycles. The summed E-state index contributed by atoms with van der Waals surface area (Å²) in [7, 11) is 1.62. The number of fused-ring (bicyclic) bond motifs is 1. The molecule has 1 aliphatic rings. The Morgan fingerprint density at radius 3 is 2.14 bits per heavy atom. The normalized spacial score (nSPS) is 13.8. The maximum absolute atomic E-state index is 12.5. The van der Waals surface area contributed by atoms with Crippen molar-refractivity contribution in [2.75, 3.05) is 13.7 Å². The van der Waals surface area contributed by atoms with Crippen molar-refractivity contribution in [3.63, 3.8) is 0 Å². The van der Waals surface area contributed by atoms with E-state index in [-0.39, 0.29) is 17.0 Å². The van der Waals surface area contributed by atoms with E-state index in [2.05, 4.69) is 0 Å². The lowest BCUT2D eigenvalue weighted by Crippen LogP contribution is -2.44. The fraction of sp³-hybridized carbons (Fsp3) is 0.273. The summed E-state index contributed by atoms with van der Waals surface area (Å²) in [6.07, 6.45) is 0. The van der Waals surface area contributed by atoms with Gasteiger partial charge in [-0.05, 0) is 37.1 Å². The molecule has 1 aliphatic heterocycles. The summed E-state index contributed by atoms with van der Waals surface area (Å²) in [4.78, 5) is 51.9. The maximum Gasteiger partial charge on any atom is 0.329 e. The summed E-state index contributed by atoms with van der Waals surface area (Å²) in [5, 5.41) is 0. The summed E-state index contributed by atoms with van der Waals surface area (Å²) >= 11 is 0. The zero-order valence-corrected chi connectivity index (χ0v) is 16.5. The van der Waals surface area contributed by atoms with Crippen molar-refractivity contribution in [1.82, 2.24) is 9.80 Å². The Kier molecular flexibility index (Phi) is 5.77. The predicted octanol–water partition coefficient (Wildman–Crippen LogP) is 2.18. The Bertz CT molecular complexity index is 950. The number of hydrogen-bond acceptors (Lipinski definition) is 5. The Balaban J connectivity index is 1.58. The van der Waals surface area contributed by atoms with Crippen LogP contribution in [0.4, 0.5) is 0 Å². The molecule has 0 saturated carbocycles. The largest absolute Gasteiger partial charge is 0.454 e. The zero-order valence-electron chi connectivity index (χ0n) is 16.5. The van der Waals surface area contributed by atoms with Crippen molar-refractivity contribution < 1.29 is 23.9 Å². The molecule has 0 N–H and O–H groups in total. The minimum atomic E-state index is -1.13. The van der Waals surface area contributed by atoms with Gasteiger partial charge in [-0.2, -0.15) is 0 Å². The summed E-state index contributed by atoms with van der Waals surface area (Å²) in [5.74, 6) is -2.27. The van der Waals surface area contributed by atoms with Crippen LogP contribution in [0, 0.1) is 6.92 Å². The zero-order chi connectivity index (χ0) is 21.1. The molecule has 0 unspecified atom stereocenters. The third-order valence-corrected chi connectivity index (χ3v) is 4.99. The minimum Gasteiger partial charge on any atom is -0.454 e. The van der Waals surface area contributed by atoms with E-state index in [0.717, 1.165) is 16.0 Å². The van der Waals surface area contributed by atoms with Gasteiger partial charge in [0.05, 0.1) is 11.1 Å². The molecule has 0 bridgehead atoms. The number of carbonyl (C=O) groups is 4. The summed E-state index contributed by atoms with van der Waals surface area (Å²) < 4.78 is 5.09. The second kappa shape index (κ2) is 8.26. The molecular weight excluding hydrogens is 372 g/mol. The van der Waals surface area contributed by atoms with Crippen LogP contribution in [0.15, 0.2) is 48.5 Å². The van der Waals surface area contributed by atoms with Crippen molar-refractivity contribution in [3.8, 4) is 0 Å². The molecule has 1 heterocycles. The molecule has 0 radical (unpaired) electrons. The predicted molar refractivity (Wildman–Crippen MR) is 105 cm³/mol. The standard InChI is InChI=1S/C22H22N2O5/c1-14-8-4-5-9-16(14)12-23(3)19(25)13-29-22(28)15(2)24-20(26)17-10-6-7-11-18(17)21(24)27/h4-11,15H,12-13H2,1-3H3/t15-/m0/s1. The van der Waals surface area contributed by atoms with Crippen LogP contribution in [0.2, 0.25) is 0 Å². The quantitative estimate of drug-likeness (QED) is 0.554. The third kappa shape index (κ3) is 4.03. The lowest BCUT2D eigenvalue weighted by molar-refractivity contribution is -0.154. The molecule has 0 fully saturated rings. The number of rotatable bonds is 6. The van der Waals surface area contributed by atoms with Gasteiger partial charge >= 0.3 is 5.97 Å². The van der Waals surface area contributed by atoms with Gasteiger partial charge in [-0.25, -0.2) is 4.79 Å². The number of esters is 1. The number of aryl methyl sites for hydroxylation is 1. The number of nitrogens with zero attached hydrogens (tertiary/aromatic N) is 2. The number of ether oxygens (including phenoxy) is 1. The molecular formula is C22H22N2O5. The molecule has 7 nitrogen and oxygen atoms in total. The summed E-state index contributed by atoms with van der Waals surface area (Å²) in [6, 6.07) is 13.0. The van der Waals surface area contributed by atoms with E-state index in [1.165, 1.54) is 24.0 Å². The molecule has 2 aromatic carbocycles. The first-order valence-corrected chi connectivity index (χ1v) is 9.23. The number of amides is 3. The van der Waals surface area contributed by atoms with Crippen molar-refractivity contribution in [1.29, 1.82) is 0 Å². The average Bonchev–Trinajstić information content (AvgIpc) is 2.97. The first-order chi connectivity index (χ1) is 13.8. The van der Waals surface area contributed by atoms with Crippen LogP contribution in [0.5, 0.6) is 0 Å². The number of imide groups is 1. The van der Waals surface area contributed by atoms with Crippen LogP contribution in [-0.4, -0.2) is 53.2 Å². The Labute approximate surface area is 168 Å². The van der Waals surface area contributed by atoms with Gasteiger partial charge in [0.25, 0.3) is 17.7 Å². The van der Waals surface area contributed by atoms with Crippen LogP contribution >= 0.6 is 0 Å². The van der Waals surface area contributed by atoms with Crippen molar-refractivity contribution in [3.05, 3.63) is 70.8 Å². The molecule has 3 rings (SSSR count). The second-order valence-electron chi connectivity index (χ2n) is 6.99. The average molecular weight is 394 g/mol. The van der Waals surface area contributed by atoms with Gasteiger partial charge in [0.1, 0.15) is 6.04 Å². The fourth-order valence-electron chi connectivity index (χ4n) is 3.16. The van der Waals surface area contributed by atoms with Gasteiger partial charge < -0.3 is 9.64 Å². The van der Waals surface area contributed by atoms with E-state index in [0.29, 0.717) is 6.54 Å². The molecule has 2 aromatic rings. The third-order valence-electron chi connectivity index (χ3n) is 4.99. The molecule has 1 atom stereocenters. The fourth-order valence-corrected chi connectivity index (χ4v) is 3.16. The van der Waals surface area contributed by atoms with Crippen molar-refractivity contribution in [2.45, 2.75) is 26.4 Å². The highest BCUT2D eigenvalue weighted by Gasteiger charge is 2.41. The number of benzene rings is 2. The van der Waals surface area contributed by atoms with Crippen molar-refractivity contribution >= 4 is 23.7 Å². The molecule has 150 valence electrons. The van der Waals surface area contributed by atoms with E-state index < -0.39 is 30.4 Å². The molecule has 0 spiro atoms. The number of likely N-dealkylation sites (N-methyl/N-ethyl adjacent to an activating group) is 1. The van der Waals surface area contributed by atoms with E-state index >= 15 is 0 Å². The van der Waals surface area contributed by atoms with Gasteiger partial charge in [-0.3, -0.25) is 19.3 Å². The van der Waals surface area contributed by atoms with Gasteiger partial charge in [0.15, 0.2) is 6.61 Å². The summed E-state index contributed by atoms with van der Waals surface area (Å²) in [5.41, 5.74) is 2.56. The van der Waals surface area contributed by atoms with E-state index in [9.17, 15) is 19.2 Å².